The van der Waals surface area contributed by atoms with Crippen LogP contribution in [-0.4, -0.2) is 31.7 Å². The Hall–Kier alpha value is -1.85. The van der Waals surface area contributed by atoms with Crippen molar-refractivity contribution >= 4 is 12.0 Å². The highest BCUT2D eigenvalue weighted by molar-refractivity contribution is 5.88. The molecule has 0 atom stereocenters. The summed E-state index contributed by atoms with van der Waals surface area (Å²) in [6.45, 7) is 3.40. The lowest BCUT2D eigenvalue weighted by Gasteiger charge is -2.10. The fraction of sp³-hybridized carbons (Fsp3) is 0.500. The Morgan fingerprint density at radius 2 is 2.12 bits per heavy atom. The number of anilines is 1. The van der Waals surface area contributed by atoms with Gasteiger partial charge in [-0.1, -0.05) is 0 Å². The number of nitrogens with zero attached hydrogens (tertiary/aromatic N) is 2. The van der Waals surface area contributed by atoms with Crippen molar-refractivity contribution in [3.8, 4) is 0 Å². The van der Waals surface area contributed by atoms with Gasteiger partial charge in [0.2, 0.25) is 0 Å². The van der Waals surface area contributed by atoms with Crippen molar-refractivity contribution in [2.75, 3.05) is 25.6 Å². The first-order valence-corrected chi connectivity index (χ1v) is 4.83. The van der Waals surface area contributed by atoms with Gasteiger partial charge in [0.05, 0.1) is 12.2 Å². The molecule has 1 aromatic rings. The molecule has 1 aromatic heterocycles. The van der Waals surface area contributed by atoms with Crippen molar-refractivity contribution < 1.29 is 13.9 Å². The lowest BCUT2D eigenvalue weighted by atomic mass is 10.2. The van der Waals surface area contributed by atoms with E-state index in [1.54, 1.807) is 21.0 Å². The molecule has 0 aromatic carbocycles. The van der Waals surface area contributed by atoms with Gasteiger partial charge in [0.25, 0.3) is 6.01 Å². The summed E-state index contributed by atoms with van der Waals surface area (Å²) in [5, 5.41) is 0. The number of carbonyl (C=O) groups is 1. The molecular weight excluding hydrogens is 212 g/mol. The topological polar surface area (TPSA) is 72.6 Å². The Morgan fingerprint density at radius 3 is 2.62 bits per heavy atom. The SMILES string of the molecule is CCOC(=O)c1nc(N(C)C)oc(=O)c1C. The zero-order chi connectivity index (χ0) is 12.3. The number of rotatable bonds is 3. The predicted molar refractivity (Wildman–Crippen MR) is 57.8 cm³/mol. The Labute approximate surface area is 92.8 Å². The van der Waals surface area contributed by atoms with Crippen LogP contribution in [0.2, 0.25) is 0 Å². The number of hydrogen-bond donors (Lipinski definition) is 0. The van der Waals surface area contributed by atoms with Crippen LogP contribution in [0.4, 0.5) is 6.01 Å². The summed E-state index contributed by atoms with van der Waals surface area (Å²) in [4.78, 5) is 28.4. The Morgan fingerprint density at radius 1 is 1.50 bits per heavy atom. The second-order valence-electron chi connectivity index (χ2n) is 3.37. The first kappa shape index (κ1) is 12.2. The molecule has 0 amide bonds. The summed E-state index contributed by atoms with van der Waals surface area (Å²) in [7, 11) is 3.32. The Balaban J connectivity index is 3.27. The van der Waals surface area contributed by atoms with Gasteiger partial charge in [-0.25, -0.2) is 9.59 Å². The van der Waals surface area contributed by atoms with Crippen LogP contribution < -0.4 is 10.5 Å². The number of carbonyl (C=O) groups excluding carboxylic acids is 1. The highest BCUT2D eigenvalue weighted by atomic mass is 16.5. The van der Waals surface area contributed by atoms with E-state index in [1.165, 1.54) is 11.8 Å². The van der Waals surface area contributed by atoms with Crippen LogP contribution in [0.15, 0.2) is 9.21 Å². The number of aromatic nitrogens is 1. The Bertz CT molecular complexity index is 451. The van der Waals surface area contributed by atoms with Gasteiger partial charge in [-0.05, 0) is 13.8 Å². The van der Waals surface area contributed by atoms with Crippen molar-refractivity contribution in [1.29, 1.82) is 0 Å². The van der Waals surface area contributed by atoms with E-state index in [1.807, 2.05) is 0 Å². The molecule has 0 unspecified atom stereocenters. The molecule has 6 nitrogen and oxygen atoms in total. The summed E-state index contributed by atoms with van der Waals surface area (Å²) in [5.74, 6) is -0.615. The van der Waals surface area contributed by atoms with Crippen molar-refractivity contribution in [2.24, 2.45) is 0 Å². The molecule has 88 valence electrons. The second-order valence-corrected chi connectivity index (χ2v) is 3.37. The quantitative estimate of drug-likeness (QED) is 0.702. The van der Waals surface area contributed by atoms with Gasteiger partial charge in [0, 0.05) is 14.1 Å². The average molecular weight is 226 g/mol. The zero-order valence-electron chi connectivity index (χ0n) is 9.73. The van der Waals surface area contributed by atoms with Crippen LogP contribution in [0, 0.1) is 6.92 Å². The van der Waals surface area contributed by atoms with Gasteiger partial charge in [0.1, 0.15) is 0 Å². The molecule has 6 heteroatoms. The van der Waals surface area contributed by atoms with E-state index in [4.69, 9.17) is 9.15 Å². The first-order valence-electron chi connectivity index (χ1n) is 4.83. The molecule has 0 N–H and O–H groups in total. The highest BCUT2D eigenvalue weighted by Gasteiger charge is 2.18. The summed E-state index contributed by atoms with van der Waals surface area (Å²) in [6, 6.07) is 0.0821. The largest absolute Gasteiger partial charge is 0.461 e. The molecule has 0 bridgehead atoms. The molecular formula is C10H14N2O4. The maximum Gasteiger partial charge on any atom is 0.357 e. The third kappa shape index (κ3) is 2.39. The lowest BCUT2D eigenvalue weighted by molar-refractivity contribution is 0.0516. The molecule has 0 fully saturated rings. The van der Waals surface area contributed by atoms with E-state index in [2.05, 4.69) is 4.98 Å². The van der Waals surface area contributed by atoms with Gasteiger partial charge in [-0.15, -0.1) is 0 Å². The van der Waals surface area contributed by atoms with E-state index in [-0.39, 0.29) is 23.9 Å². The van der Waals surface area contributed by atoms with Crippen molar-refractivity contribution in [1.82, 2.24) is 4.98 Å². The van der Waals surface area contributed by atoms with Crippen LogP contribution >= 0.6 is 0 Å². The average Bonchev–Trinajstić information content (AvgIpc) is 2.21. The van der Waals surface area contributed by atoms with Crippen molar-refractivity contribution in [3.05, 3.63) is 21.7 Å². The van der Waals surface area contributed by atoms with Crippen molar-refractivity contribution in [3.63, 3.8) is 0 Å². The maximum atomic E-state index is 11.5. The zero-order valence-corrected chi connectivity index (χ0v) is 9.73. The number of esters is 1. The molecule has 1 heterocycles. The van der Waals surface area contributed by atoms with E-state index in [0.717, 1.165) is 0 Å². The summed E-state index contributed by atoms with van der Waals surface area (Å²) in [6.07, 6.45) is 0. The second kappa shape index (κ2) is 4.78. The first-order chi connectivity index (χ1) is 7.47. The molecule has 0 radical (unpaired) electrons. The lowest BCUT2D eigenvalue weighted by Crippen LogP contribution is -2.21. The molecule has 0 spiro atoms. The molecule has 16 heavy (non-hydrogen) atoms. The fourth-order valence-corrected chi connectivity index (χ4v) is 1.05. The summed E-state index contributed by atoms with van der Waals surface area (Å²) in [5.41, 5.74) is -0.424. The molecule has 0 saturated heterocycles. The van der Waals surface area contributed by atoms with Gasteiger partial charge in [-0.2, -0.15) is 4.98 Å². The van der Waals surface area contributed by atoms with E-state index in [0.29, 0.717) is 0 Å². The van der Waals surface area contributed by atoms with E-state index < -0.39 is 11.6 Å². The maximum absolute atomic E-state index is 11.5. The van der Waals surface area contributed by atoms with Gasteiger partial charge in [0.15, 0.2) is 5.69 Å². The van der Waals surface area contributed by atoms with Gasteiger partial charge in [-0.3, -0.25) is 0 Å². The number of hydrogen-bond acceptors (Lipinski definition) is 6. The third-order valence-corrected chi connectivity index (χ3v) is 1.90. The molecule has 0 aliphatic heterocycles. The molecule has 1 rings (SSSR count). The standard InChI is InChI=1S/C10H14N2O4/c1-5-15-9(14)7-6(2)8(13)16-10(11-7)12(3)4/h5H2,1-4H3. The van der Waals surface area contributed by atoms with Crippen LogP contribution in [-0.2, 0) is 4.74 Å². The smallest absolute Gasteiger partial charge is 0.357 e. The van der Waals surface area contributed by atoms with Crippen LogP contribution in [0.25, 0.3) is 0 Å². The molecule has 0 aliphatic carbocycles. The predicted octanol–water partition coefficient (Wildman–Crippen LogP) is 0.586. The van der Waals surface area contributed by atoms with Crippen LogP contribution in [0.1, 0.15) is 23.0 Å². The minimum atomic E-state index is -0.615. The number of ether oxygens (including phenoxy) is 1. The van der Waals surface area contributed by atoms with Crippen molar-refractivity contribution in [2.45, 2.75) is 13.8 Å². The molecule has 0 aliphatic rings. The van der Waals surface area contributed by atoms with E-state index >= 15 is 0 Å². The van der Waals surface area contributed by atoms with E-state index in [9.17, 15) is 9.59 Å². The van der Waals surface area contributed by atoms with Gasteiger partial charge < -0.3 is 14.1 Å². The third-order valence-electron chi connectivity index (χ3n) is 1.90. The highest BCUT2D eigenvalue weighted by Crippen LogP contribution is 2.09. The minimum absolute atomic E-state index is 0.00167. The van der Waals surface area contributed by atoms with Gasteiger partial charge >= 0.3 is 11.6 Å². The normalized spacial score (nSPS) is 10.0. The summed E-state index contributed by atoms with van der Waals surface area (Å²) < 4.78 is 9.69. The van der Waals surface area contributed by atoms with Crippen LogP contribution in [0.5, 0.6) is 0 Å². The minimum Gasteiger partial charge on any atom is -0.461 e. The van der Waals surface area contributed by atoms with Crippen LogP contribution in [0.3, 0.4) is 0 Å². The monoisotopic (exact) mass is 226 g/mol. The summed E-state index contributed by atoms with van der Waals surface area (Å²) >= 11 is 0. The Kier molecular flexibility index (Phi) is 3.65. The fourth-order valence-electron chi connectivity index (χ4n) is 1.05. The molecule has 0 saturated carbocycles.